The number of aromatic amines is 1. The summed E-state index contributed by atoms with van der Waals surface area (Å²) in [5.41, 5.74) is 3.03. The van der Waals surface area contributed by atoms with Crippen molar-refractivity contribution in [2.75, 3.05) is 26.7 Å². The number of hydrogen-bond donors (Lipinski definition) is 2. The van der Waals surface area contributed by atoms with Crippen molar-refractivity contribution in [3.63, 3.8) is 0 Å². The molecule has 0 spiro atoms. The van der Waals surface area contributed by atoms with Crippen molar-refractivity contribution in [3.05, 3.63) is 71.0 Å². The Morgan fingerprint density at radius 1 is 1.24 bits per heavy atom. The summed E-state index contributed by atoms with van der Waals surface area (Å²) in [6, 6.07) is 11.1. The van der Waals surface area contributed by atoms with Gasteiger partial charge in [0.05, 0.1) is 28.6 Å². The number of benzene rings is 1. The van der Waals surface area contributed by atoms with E-state index < -0.39 is 5.82 Å². The van der Waals surface area contributed by atoms with Crippen molar-refractivity contribution in [1.29, 1.82) is 0 Å². The van der Waals surface area contributed by atoms with Gasteiger partial charge in [0, 0.05) is 44.7 Å². The molecular formula is C25H27FN6OS. The van der Waals surface area contributed by atoms with Crippen LogP contribution >= 0.6 is 11.8 Å². The summed E-state index contributed by atoms with van der Waals surface area (Å²) in [6.45, 7) is 3.33. The highest BCUT2D eigenvalue weighted by Gasteiger charge is 2.60. The zero-order valence-corrected chi connectivity index (χ0v) is 19.8. The van der Waals surface area contributed by atoms with E-state index in [4.69, 9.17) is 4.98 Å². The van der Waals surface area contributed by atoms with Crippen molar-refractivity contribution in [2.45, 2.75) is 18.3 Å². The number of halogens is 1. The third-order valence-electron chi connectivity index (χ3n) is 7.33. The van der Waals surface area contributed by atoms with E-state index in [1.807, 2.05) is 30.7 Å². The highest BCUT2D eigenvalue weighted by Crippen LogP contribution is 2.58. The number of nitrogens with one attached hydrogen (secondary N) is 2. The van der Waals surface area contributed by atoms with E-state index in [1.54, 1.807) is 17.8 Å². The molecular weight excluding hydrogens is 451 g/mol. The summed E-state index contributed by atoms with van der Waals surface area (Å²) < 4.78 is 13.8. The maximum Gasteiger partial charge on any atom is 0.268 e. The molecule has 3 aliphatic rings. The molecule has 2 fully saturated rings. The van der Waals surface area contributed by atoms with Crippen LogP contribution in [0.2, 0.25) is 0 Å². The van der Waals surface area contributed by atoms with Gasteiger partial charge in [-0.15, -0.1) is 11.8 Å². The van der Waals surface area contributed by atoms with Crippen molar-refractivity contribution in [3.8, 4) is 0 Å². The van der Waals surface area contributed by atoms with Crippen molar-refractivity contribution in [1.82, 2.24) is 30.1 Å². The van der Waals surface area contributed by atoms with Crippen LogP contribution in [0.25, 0.3) is 11.0 Å². The Kier molecular flexibility index (Phi) is 5.53. The van der Waals surface area contributed by atoms with Gasteiger partial charge in [-0.2, -0.15) is 0 Å². The molecule has 2 unspecified atom stereocenters. The highest BCUT2D eigenvalue weighted by molar-refractivity contribution is 8.03. The van der Waals surface area contributed by atoms with Crippen LogP contribution in [0.4, 0.5) is 4.39 Å². The minimum absolute atomic E-state index is 0.0842. The first-order valence-corrected chi connectivity index (χ1v) is 12.6. The number of likely N-dealkylation sites (tertiary alicyclic amines) is 1. The van der Waals surface area contributed by atoms with Crippen LogP contribution in [0.1, 0.15) is 11.5 Å². The van der Waals surface area contributed by atoms with Gasteiger partial charge < -0.3 is 20.1 Å². The van der Waals surface area contributed by atoms with E-state index in [0.717, 1.165) is 42.9 Å². The molecule has 7 nitrogen and oxygen atoms in total. The Labute approximate surface area is 201 Å². The van der Waals surface area contributed by atoms with Crippen LogP contribution in [-0.4, -0.2) is 62.7 Å². The first kappa shape index (κ1) is 21.6. The first-order valence-electron chi connectivity index (χ1n) is 11.7. The number of nitrogens with zero attached hydrogens (tertiary/aromatic N) is 4. The largest absolute Gasteiger partial charge is 0.357 e. The van der Waals surface area contributed by atoms with Crippen molar-refractivity contribution < 1.29 is 9.18 Å². The molecule has 34 heavy (non-hydrogen) atoms. The van der Waals surface area contributed by atoms with Gasteiger partial charge in [0.25, 0.3) is 5.91 Å². The molecule has 1 saturated heterocycles. The topological polar surface area (TPSA) is 77.2 Å². The summed E-state index contributed by atoms with van der Waals surface area (Å²) in [5.74, 6) is 2.45. The molecule has 4 atom stereocenters. The molecule has 2 aromatic heterocycles. The third kappa shape index (κ3) is 3.96. The lowest BCUT2D eigenvalue weighted by atomic mass is 10.2. The molecule has 1 saturated carbocycles. The number of aromatic nitrogens is 3. The number of fused-ring (bicyclic) bond motifs is 2. The van der Waals surface area contributed by atoms with Gasteiger partial charge in [-0.25, -0.2) is 9.37 Å². The minimum atomic E-state index is -0.403. The van der Waals surface area contributed by atoms with Crippen LogP contribution in [-0.2, 0) is 17.8 Å². The minimum Gasteiger partial charge on any atom is -0.357 e. The monoisotopic (exact) mass is 478 g/mol. The lowest BCUT2D eigenvalue weighted by Crippen LogP contribution is -2.37. The Morgan fingerprint density at radius 2 is 2.06 bits per heavy atom. The number of imidazole rings is 1. The van der Waals surface area contributed by atoms with E-state index in [0.29, 0.717) is 28.8 Å². The molecule has 1 aromatic carbocycles. The average molecular weight is 479 g/mol. The summed E-state index contributed by atoms with van der Waals surface area (Å²) in [4.78, 5) is 29.5. The van der Waals surface area contributed by atoms with Crippen LogP contribution in [0.5, 0.6) is 0 Å². The maximum atomic E-state index is 13.8. The number of amides is 1. The molecule has 4 heterocycles. The number of likely N-dealkylation sites (N-methyl/N-ethyl adjacent to an activating group) is 1. The van der Waals surface area contributed by atoms with E-state index in [-0.39, 0.29) is 18.1 Å². The molecule has 176 valence electrons. The lowest BCUT2D eigenvalue weighted by Gasteiger charge is -2.27. The average Bonchev–Trinajstić information content (AvgIpc) is 3.23. The number of thioether (sulfide) groups is 1. The van der Waals surface area contributed by atoms with Crippen molar-refractivity contribution in [2.24, 2.45) is 17.8 Å². The second-order valence-electron chi connectivity index (χ2n) is 9.37. The summed E-state index contributed by atoms with van der Waals surface area (Å²) in [5, 5.41) is 5.05. The number of rotatable bonds is 7. The number of hydrogen-bond acceptors (Lipinski definition) is 6. The fourth-order valence-corrected chi connectivity index (χ4v) is 6.89. The molecule has 6 rings (SSSR count). The molecule has 0 radical (unpaired) electrons. The quantitative estimate of drug-likeness (QED) is 0.544. The van der Waals surface area contributed by atoms with Gasteiger partial charge in [0.15, 0.2) is 0 Å². The summed E-state index contributed by atoms with van der Waals surface area (Å²) in [7, 11) is 1.99. The van der Waals surface area contributed by atoms with Gasteiger partial charge in [0.1, 0.15) is 17.3 Å². The standard InChI is InChI=1S/C25H27FN6OS/c1-31-21(24(33)28-11-20-17(26)5-4-9-27-20)14-34-25(31)23-15-12-32(13-16(15)23)10-8-22-29-18-6-2-3-7-19(18)30-22/h2-7,9,14-16,23,25H,8,10-13H2,1H3,(H,28,33)(H,29,30)/t15-,16+,23?,25?. The fourth-order valence-electron chi connectivity index (χ4n) is 5.46. The van der Waals surface area contributed by atoms with Crippen molar-refractivity contribution >= 4 is 28.7 Å². The Bertz CT molecular complexity index is 1220. The van der Waals surface area contributed by atoms with E-state index >= 15 is 0 Å². The number of carbonyl (C=O) groups is 1. The van der Waals surface area contributed by atoms with Gasteiger partial charge in [-0.05, 0) is 42.0 Å². The van der Waals surface area contributed by atoms with Gasteiger partial charge in [-0.3, -0.25) is 9.78 Å². The third-order valence-corrected chi connectivity index (χ3v) is 8.60. The number of piperidine rings is 1. The number of carbonyl (C=O) groups excluding carboxylic acids is 1. The smallest absolute Gasteiger partial charge is 0.268 e. The SMILES string of the molecule is CN1C(C(=O)NCc2ncccc2F)=CSC1C1[C@H]2CN(CCc3nc4ccccc4[nH]3)C[C@@H]12. The molecule has 2 aliphatic heterocycles. The van der Waals surface area contributed by atoms with E-state index in [1.165, 1.54) is 12.3 Å². The van der Waals surface area contributed by atoms with Gasteiger partial charge in [0.2, 0.25) is 0 Å². The number of pyridine rings is 1. The van der Waals surface area contributed by atoms with Crippen LogP contribution < -0.4 is 5.32 Å². The molecule has 2 N–H and O–H groups in total. The normalized spacial score (nSPS) is 26.1. The van der Waals surface area contributed by atoms with E-state index in [9.17, 15) is 9.18 Å². The zero-order chi connectivity index (χ0) is 23.2. The van der Waals surface area contributed by atoms with Gasteiger partial charge >= 0.3 is 0 Å². The lowest BCUT2D eigenvalue weighted by molar-refractivity contribution is -0.119. The number of H-pyrrole nitrogens is 1. The molecule has 0 bridgehead atoms. The zero-order valence-electron chi connectivity index (χ0n) is 18.9. The predicted molar refractivity (Wildman–Crippen MR) is 130 cm³/mol. The predicted octanol–water partition coefficient (Wildman–Crippen LogP) is 2.98. The second kappa shape index (κ2) is 8.70. The van der Waals surface area contributed by atoms with Gasteiger partial charge in [-0.1, -0.05) is 12.1 Å². The Hall–Kier alpha value is -2.91. The number of para-hydroxylation sites is 2. The van der Waals surface area contributed by atoms with Crippen LogP contribution in [0.3, 0.4) is 0 Å². The molecule has 1 amide bonds. The van der Waals surface area contributed by atoms with E-state index in [2.05, 4.69) is 31.2 Å². The fraction of sp³-hybridized carbons (Fsp3) is 0.400. The molecule has 3 aromatic rings. The molecule has 9 heteroatoms. The summed E-state index contributed by atoms with van der Waals surface area (Å²) >= 11 is 1.73. The second-order valence-corrected chi connectivity index (χ2v) is 10.4. The molecule has 1 aliphatic carbocycles. The van der Waals surface area contributed by atoms with Crippen LogP contribution in [0, 0.1) is 23.6 Å². The maximum absolute atomic E-state index is 13.8. The van der Waals surface area contributed by atoms with Crippen LogP contribution in [0.15, 0.2) is 53.7 Å². The first-order chi connectivity index (χ1) is 16.6. The Morgan fingerprint density at radius 3 is 2.85 bits per heavy atom. The highest BCUT2D eigenvalue weighted by atomic mass is 32.2. The summed E-state index contributed by atoms with van der Waals surface area (Å²) in [6.07, 6.45) is 2.46. The Balaban J connectivity index is 0.981.